The van der Waals surface area contributed by atoms with Gasteiger partial charge in [-0.3, -0.25) is 0 Å². The number of aliphatic hydroxyl groups is 2. The lowest BCUT2D eigenvalue weighted by Crippen LogP contribution is -2.64. The Morgan fingerprint density at radius 2 is 1.69 bits per heavy atom. The molecule has 2 fully saturated rings. The number of aliphatic hydroxyl groups excluding tert-OH is 1. The molecule has 0 atom stereocenters. The van der Waals surface area contributed by atoms with E-state index in [0.717, 1.165) is 6.42 Å². The van der Waals surface area contributed by atoms with Crippen LogP contribution in [0.5, 0.6) is 0 Å². The molecule has 0 aromatic rings. The van der Waals surface area contributed by atoms with Crippen LogP contribution < -0.4 is 0 Å². The first-order valence-electron chi connectivity index (χ1n) is 4.64. The Labute approximate surface area is 75.6 Å². The summed E-state index contributed by atoms with van der Waals surface area (Å²) < 4.78 is 25.4. The van der Waals surface area contributed by atoms with Crippen LogP contribution in [0.1, 0.15) is 32.1 Å². The topological polar surface area (TPSA) is 40.5 Å². The van der Waals surface area contributed by atoms with E-state index in [0.29, 0.717) is 12.8 Å². The molecule has 0 aliphatic heterocycles. The molecule has 2 saturated carbocycles. The first-order chi connectivity index (χ1) is 5.93. The lowest BCUT2D eigenvalue weighted by molar-refractivity contribution is -0.272. The predicted octanol–water partition coefficient (Wildman–Crippen LogP) is 1.31. The maximum absolute atomic E-state index is 12.7. The molecule has 0 heterocycles. The fraction of sp³-hybridized carbons (Fsp3) is 1.00. The Kier molecular flexibility index (Phi) is 1.74. The second-order valence-corrected chi connectivity index (χ2v) is 4.53. The molecule has 2 aliphatic carbocycles. The van der Waals surface area contributed by atoms with Gasteiger partial charge in [-0.1, -0.05) is 0 Å². The van der Waals surface area contributed by atoms with Crippen molar-refractivity contribution in [1.82, 2.24) is 0 Å². The molecule has 0 bridgehead atoms. The predicted molar refractivity (Wildman–Crippen MR) is 42.5 cm³/mol. The van der Waals surface area contributed by atoms with Crippen LogP contribution in [0.2, 0.25) is 0 Å². The van der Waals surface area contributed by atoms with Gasteiger partial charge in [0.2, 0.25) is 5.92 Å². The summed E-state index contributed by atoms with van der Waals surface area (Å²) in [5.74, 6) is -2.67. The van der Waals surface area contributed by atoms with Gasteiger partial charge in [0.15, 0.2) is 0 Å². The molecule has 76 valence electrons. The molecule has 2 N–H and O–H groups in total. The van der Waals surface area contributed by atoms with Crippen molar-refractivity contribution < 1.29 is 19.0 Å². The number of hydrogen-bond donors (Lipinski definition) is 2. The third-order valence-electron chi connectivity index (χ3n) is 3.66. The standard InChI is InChI=1S/C9H14F2O2/c10-9(11)4-7(5-9,6-12)8(13)2-1-3-8/h12-13H,1-6H2. The summed E-state index contributed by atoms with van der Waals surface area (Å²) in [7, 11) is 0. The number of hydrogen-bond acceptors (Lipinski definition) is 2. The third kappa shape index (κ3) is 1.12. The highest BCUT2D eigenvalue weighted by Gasteiger charge is 2.66. The van der Waals surface area contributed by atoms with Crippen molar-refractivity contribution in [1.29, 1.82) is 0 Å². The van der Waals surface area contributed by atoms with E-state index in [4.69, 9.17) is 5.11 Å². The van der Waals surface area contributed by atoms with Crippen LogP contribution in [-0.4, -0.2) is 28.3 Å². The average Bonchev–Trinajstić information content (AvgIpc) is 1.94. The van der Waals surface area contributed by atoms with Gasteiger partial charge in [0.25, 0.3) is 0 Å². The van der Waals surface area contributed by atoms with E-state index in [1.165, 1.54) is 0 Å². The Morgan fingerprint density at radius 3 is 1.92 bits per heavy atom. The fourth-order valence-electron chi connectivity index (χ4n) is 2.57. The molecule has 0 amide bonds. The van der Waals surface area contributed by atoms with Gasteiger partial charge in [-0.05, 0) is 19.3 Å². The van der Waals surface area contributed by atoms with Gasteiger partial charge in [0.1, 0.15) is 0 Å². The van der Waals surface area contributed by atoms with Crippen molar-refractivity contribution in [2.75, 3.05) is 6.61 Å². The fourth-order valence-corrected chi connectivity index (χ4v) is 2.57. The zero-order chi connectivity index (χ0) is 9.74. The van der Waals surface area contributed by atoms with Crippen LogP contribution >= 0.6 is 0 Å². The summed E-state index contributed by atoms with van der Waals surface area (Å²) >= 11 is 0. The Balaban J connectivity index is 2.11. The smallest absolute Gasteiger partial charge is 0.249 e. The van der Waals surface area contributed by atoms with Gasteiger partial charge in [-0.2, -0.15) is 0 Å². The average molecular weight is 192 g/mol. The zero-order valence-corrected chi connectivity index (χ0v) is 7.39. The van der Waals surface area contributed by atoms with E-state index < -0.39 is 16.9 Å². The molecule has 0 aromatic carbocycles. The molecule has 0 unspecified atom stereocenters. The quantitative estimate of drug-likeness (QED) is 0.692. The van der Waals surface area contributed by atoms with Crippen molar-refractivity contribution >= 4 is 0 Å². The number of alkyl halides is 2. The second-order valence-electron chi connectivity index (χ2n) is 4.53. The van der Waals surface area contributed by atoms with E-state index >= 15 is 0 Å². The van der Waals surface area contributed by atoms with Crippen molar-refractivity contribution in [2.45, 2.75) is 43.6 Å². The van der Waals surface area contributed by atoms with Crippen LogP contribution in [-0.2, 0) is 0 Å². The van der Waals surface area contributed by atoms with Crippen molar-refractivity contribution in [3.63, 3.8) is 0 Å². The molecule has 13 heavy (non-hydrogen) atoms. The van der Waals surface area contributed by atoms with E-state index in [2.05, 4.69) is 0 Å². The minimum absolute atomic E-state index is 0.320. The lowest BCUT2D eigenvalue weighted by Gasteiger charge is -2.59. The minimum atomic E-state index is -2.67. The summed E-state index contributed by atoms with van der Waals surface area (Å²) in [5, 5.41) is 19.0. The highest BCUT2D eigenvalue weighted by atomic mass is 19.3. The SMILES string of the molecule is OCC1(C2(O)CCC2)CC(F)(F)C1. The maximum atomic E-state index is 12.7. The molecule has 0 radical (unpaired) electrons. The van der Waals surface area contributed by atoms with Gasteiger partial charge in [-0.25, -0.2) is 8.78 Å². The first-order valence-corrected chi connectivity index (χ1v) is 4.64. The van der Waals surface area contributed by atoms with Gasteiger partial charge in [0.05, 0.1) is 12.2 Å². The Bertz CT molecular complexity index is 216. The Morgan fingerprint density at radius 1 is 1.15 bits per heavy atom. The van der Waals surface area contributed by atoms with Crippen molar-refractivity contribution in [2.24, 2.45) is 5.41 Å². The normalized spacial score (nSPS) is 33.2. The van der Waals surface area contributed by atoms with E-state index in [-0.39, 0.29) is 19.4 Å². The van der Waals surface area contributed by atoms with Crippen LogP contribution in [0, 0.1) is 5.41 Å². The van der Waals surface area contributed by atoms with E-state index in [9.17, 15) is 13.9 Å². The Hall–Kier alpha value is -0.220. The van der Waals surface area contributed by atoms with Crippen LogP contribution in [0.15, 0.2) is 0 Å². The highest BCUT2D eigenvalue weighted by molar-refractivity contribution is 5.12. The molecular weight excluding hydrogens is 178 g/mol. The van der Waals surface area contributed by atoms with Crippen LogP contribution in [0.4, 0.5) is 8.78 Å². The molecule has 0 spiro atoms. The molecule has 2 aliphatic rings. The summed E-state index contributed by atoms with van der Waals surface area (Å²) in [5.41, 5.74) is -1.92. The minimum Gasteiger partial charge on any atom is -0.396 e. The molecular formula is C9H14F2O2. The summed E-state index contributed by atoms with van der Waals surface area (Å²) in [6.07, 6.45) is 1.29. The zero-order valence-electron chi connectivity index (χ0n) is 7.39. The molecule has 2 rings (SSSR count). The third-order valence-corrected chi connectivity index (χ3v) is 3.66. The van der Waals surface area contributed by atoms with Crippen molar-refractivity contribution in [3.8, 4) is 0 Å². The lowest BCUT2D eigenvalue weighted by atomic mass is 9.51. The second kappa shape index (κ2) is 2.42. The summed E-state index contributed by atoms with van der Waals surface area (Å²) in [6, 6.07) is 0. The van der Waals surface area contributed by atoms with Gasteiger partial charge >= 0.3 is 0 Å². The van der Waals surface area contributed by atoms with Gasteiger partial charge < -0.3 is 10.2 Å². The monoisotopic (exact) mass is 192 g/mol. The van der Waals surface area contributed by atoms with Crippen LogP contribution in [0.3, 0.4) is 0 Å². The maximum Gasteiger partial charge on any atom is 0.249 e. The van der Waals surface area contributed by atoms with Crippen molar-refractivity contribution in [3.05, 3.63) is 0 Å². The molecule has 0 aromatic heterocycles. The van der Waals surface area contributed by atoms with Gasteiger partial charge in [-0.15, -0.1) is 0 Å². The number of halogens is 2. The molecule has 4 heteroatoms. The largest absolute Gasteiger partial charge is 0.396 e. The summed E-state index contributed by atoms with van der Waals surface area (Å²) in [4.78, 5) is 0. The van der Waals surface area contributed by atoms with E-state index in [1.807, 2.05) is 0 Å². The molecule has 0 saturated heterocycles. The molecule has 2 nitrogen and oxygen atoms in total. The van der Waals surface area contributed by atoms with Gasteiger partial charge in [0, 0.05) is 18.3 Å². The van der Waals surface area contributed by atoms with Crippen LogP contribution in [0.25, 0.3) is 0 Å². The summed E-state index contributed by atoms with van der Waals surface area (Å²) in [6.45, 7) is -0.320. The first kappa shape index (κ1) is 9.34. The highest BCUT2D eigenvalue weighted by Crippen LogP contribution is 2.62. The van der Waals surface area contributed by atoms with E-state index in [1.54, 1.807) is 0 Å². The number of rotatable bonds is 2.